The number of benzene rings is 8. The zero-order valence-electron chi connectivity index (χ0n) is 33.5. The summed E-state index contributed by atoms with van der Waals surface area (Å²) in [4.78, 5) is 26.2. The van der Waals surface area contributed by atoms with Gasteiger partial charge in [0.25, 0.3) is 0 Å². The summed E-state index contributed by atoms with van der Waals surface area (Å²) in [5.41, 5.74) is 11.8. The average Bonchev–Trinajstić information content (AvgIpc) is 4.04. The van der Waals surface area contributed by atoms with E-state index in [0.29, 0.717) is 40.0 Å². The Kier molecular flexibility index (Phi) is 7.74. The first kappa shape index (κ1) is 35.0. The summed E-state index contributed by atoms with van der Waals surface area (Å²) in [5.74, 6) is 2.20. The molecule has 0 radical (unpaired) electrons. The van der Waals surface area contributed by atoms with Crippen molar-refractivity contribution >= 4 is 65.8 Å². The van der Waals surface area contributed by atoms with Crippen LogP contribution in [0.4, 0.5) is 0 Å². The summed E-state index contributed by atoms with van der Waals surface area (Å²) < 4.78 is 15.4. The van der Waals surface area contributed by atoms with Gasteiger partial charge in [-0.1, -0.05) is 146 Å². The highest BCUT2D eigenvalue weighted by atomic mass is 16.3. The van der Waals surface area contributed by atoms with Crippen LogP contribution in [0.2, 0.25) is 0 Å². The van der Waals surface area contributed by atoms with Gasteiger partial charge in [-0.3, -0.25) is 0 Å². The van der Waals surface area contributed by atoms with E-state index in [-0.39, 0.29) is 0 Å². The van der Waals surface area contributed by atoms with Gasteiger partial charge in [-0.05, 0) is 48.5 Å². The van der Waals surface area contributed by atoms with Crippen molar-refractivity contribution in [3.05, 3.63) is 194 Å². The lowest BCUT2D eigenvalue weighted by molar-refractivity contribution is 0.667. The van der Waals surface area contributed by atoms with Crippen molar-refractivity contribution < 1.29 is 8.83 Å². The number of rotatable bonds is 6. The lowest BCUT2D eigenvalue weighted by Gasteiger charge is -2.11. The molecule has 8 heteroatoms. The van der Waals surface area contributed by atoms with Gasteiger partial charge in [-0.15, -0.1) is 0 Å². The van der Waals surface area contributed by atoms with Crippen LogP contribution >= 0.6 is 0 Å². The zero-order chi connectivity index (χ0) is 41.4. The van der Waals surface area contributed by atoms with Gasteiger partial charge in [0.2, 0.25) is 0 Å². The van der Waals surface area contributed by atoms with E-state index in [1.807, 2.05) is 115 Å². The van der Waals surface area contributed by atoms with Gasteiger partial charge in [0.1, 0.15) is 28.0 Å². The van der Waals surface area contributed by atoms with Crippen molar-refractivity contribution in [3.8, 4) is 62.5 Å². The molecule has 13 aromatic rings. The molecule has 0 aliphatic rings. The maximum absolute atomic E-state index is 6.65. The van der Waals surface area contributed by atoms with Gasteiger partial charge >= 0.3 is 0 Å². The molecule has 63 heavy (non-hydrogen) atoms. The minimum absolute atomic E-state index is 0.521. The molecule has 0 spiro atoms. The van der Waals surface area contributed by atoms with Crippen LogP contribution in [-0.4, -0.2) is 29.5 Å². The minimum atomic E-state index is 0.521. The second-order valence-corrected chi connectivity index (χ2v) is 15.6. The van der Waals surface area contributed by atoms with Crippen molar-refractivity contribution in [1.82, 2.24) is 29.5 Å². The molecule has 0 fully saturated rings. The summed E-state index contributed by atoms with van der Waals surface area (Å²) in [7, 11) is 0. The summed E-state index contributed by atoms with van der Waals surface area (Å²) in [5, 5.41) is 4.98. The van der Waals surface area contributed by atoms with Gasteiger partial charge in [0, 0.05) is 60.4 Å². The van der Waals surface area contributed by atoms with E-state index in [4.69, 9.17) is 33.8 Å². The van der Waals surface area contributed by atoms with E-state index in [1.165, 1.54) is 5.39 Å². The summed E-state index contributed by atoms with van der Waals surface area (Å²) in [6.45, 7) is 0. The molecule has 0 aliphatic carbocycles. The lowest BCUT2D eigenvalue weighted by Crippen LogP contribution is -2.01. The van der Waals surface area contributed by atoms with Crippen molar-refractivity contribution in [2.45, 2.75) is 0 Å². The first-order valence-corrected chi connectivity index (χ1v) is 20.8. The Morgan fingerprint density at radius 3 is 1.63 bits per heavy atom. The minimum Gasteiger partial charge on any atom is -0.456 e. The van der Waals surface area contributed by atoms with Crippen LogP contribution in [0.25, 0.3) is 128 Å². The van der Waals surface area contributed by atoms with Crippen molar-refractivity contribution in [2.75, 3.05) is 0 Å². The van der Waals surface area contributed by atoms with Crippen LogP contribution in [0.5, 0.6) is 0 Å². The highest BCUT2D eigenvalue weighted by Gasteiger charge is 2.24. The van der Waals surface area contributed by atoms with Gasteiger partial charge in [-0.25, -0.2) is 24.9 Å². The Hall–Kier alpha value is -8.75. The number of hydrogen-bond acceptors (Lipinski definition) is 7. The monoisotopic (exact) mass is 808 g/mol. The molecular weight excluding hydrogens is 777 g/mol. The van der Waals surface area contributed by atoms with E-state index in [1.54, 1.807) is 0 Å². The third-order valence-electron chi connectivity index (χ3n) is 11.9. The van der Waals surface area contributed by atoms with E-state index in [0.717, 1.165) is 82.9 Å². The van der Waals surface area contributed by atoms with E-state index in [2.05, 4.69) is 83.4 Å². The Bertz CT molecular complexity index is 3910. The highest BCUT2D eigenvalue weighted by Crippen LogP contribution is 2.43. The smallest absolute Gasteiger partial charge is 0.180 e. The molecular formula is C55H32N6O2. The third-order valence-corrected chi connectivity index (χ3v) is 11.9. The molecule has 8 nitrogen and oxygen atoms in total. The summed E-state index contributed by atoms with van der Waals surface area (Å²) >= 11 is 0. The maximum Gasteiger partial charge on any atom is 0.180 e. The molecule has 5 heterocycles. The highest BCUT2D eigenvalue weighted by molar-refractivity contribution is 6.18. The fourth-order valence-corrected chi connectivity index (χ4v) is 9.05. The fourth-order valence-electron chi connectivity index (χ4n) is 9.05. The summed E-state index contributed by atoms with van der Waals surface area (Å²) in [6.07, 6.45) is 0. The number of aromatic nitrogens is 6. The quantitative estimate of drug-likeness (QED) is 0.165. The Balaban J connectivity index is 1.06. The lowest BCUT2D eigenvalue weighted by atomic mass is 10.0. The first-order chi connectivity index (χ1) is 31.2. The Morgan fingerprint density at radius 1 is 0.349 bits per heavy atom. The topological polar surface area (TPSA) is 95.7 Å². The van der Waals surface area contributed by atoms with Crippen molar-refractivity contribution in [2.24, 2.45) is 0 Å². The predicted octanol–water partition coefficient (Wildman–Crippen LogP) is 13.9. The van der Waals surface area contributed by atoms with Crippen LogP contribution < -0.4 is 0 Å². The average molecular weight is 809 g/mol. The molecule has 13 rings (SSSR count). The number of hydrogen-bond donors (Lipinski definition) is 0. The summed E-state index contributed by atoms with van der Waals surface area (Å²) in [6, 6.07) is 65.7. The van der Waals surface area contributed by atoms with E-state index < -0.39 is 0 Å². The Morgan fingerprint density at radius 2 is 0.905 bits per heavy atom. The first-order valence-electron chi connectivity index (χ1n) is 20.8. The van der Waals surface area contributed by atoms with E-state index in [9.17, 15) is 0 Å². The third kappa shape index (κ3) is 5.58. The standard InChI is InChI=1S/C55H32N6O2/c1-4-16-33(17-5-1)49-51-50(39-23-11-13-27-44(39)63-51)57-54(56-49)40-24-14-28-45-47(40)48-41(25-15-29-46(48)62-45)55-59-52(34-18-6-2-7-19-34)58-53(60-55)35-30-31-38-37-22-10-12-26-42(37)61(43(38)32-35)36-20-8-3-9-21-36/h1-32H. The van der Waals surface area contributed by atoms with Crippen LogP contribution in [0, 0.1) is 0 Å². The van der Waals surface area contributed by atoms with Crippen LogP contribution in [0.15, 0.2) is 203 Å². The molecule has 5 aromatic heterocycles. The second-order valence-electron chi connectivity index (χ2n) is 15.6. The molecule has 0 amide bonds. The molecule has 0 saturated carbocycles. The van der Waals surface area contributed by atoms with Gasteiger partial charge < -0.3 is 13.4 Å². The largest absolute Gasteiger partial charge is 0.456 e. The molecule has 0 unspecified atom stereocenters. The second kappa shape index (κ2) is 13.9. The number of nitrogens with zero attached hydrogens (tertiary/aromatic N) is 6. The van der Waals surface area contributed by atoms with Gasteiger partial charge in [0.15, 0.2) is 28.9 Å². The SMILES string of the molecule is c1ccc(-c2nc(-c3ccc4c5ccccc5n(-c5ccccc5)c4c3)nc(-c3cccc4oc5cccc(-c6nc(-c7ccccc7)c7oc8ccccc8c7n6)c5c34)n2)cc1. The number of furan rings is 2. The normalized spacial score (nSPS) is 11.8. The number of fused-ring (bicyclic) bond motifs is 9. The van der Waals surface area contributed by atoms with Gasteiger partial charge in [-0.2, -0.15) is 0 Å². The van der Waals surface area contributed by atoms with Crippen molar-refractivity contribution in [1.29, 1.82) is 0 Å². The number of para-hydroxylation sites is 3. The molecule has 8 aromatic carbocycles. The van der Waals surface area contributed by atoms with Gasteiger partial charge in [0.05, 0.1) is 11.0 Å². The maximum atomic E-state index is 6.65. The molecule has 0 aliphatic heterocycles. The molecule has 294 valence electrons. The van der Waals surface area contributed by atoms with Crippen LogP contribution in [0.1, 0.15) is 0 Å². The van der Waals surface area contributed by atoms with Crippen molar-refractivity contribution in [3.63, 3.8) is 0 Å². The molecule has 0 atom stereocenters. The predicted molar refractivity (Wildman–Crippen MR) is 251 cm³/mol. The Labute approximate surface area is 359 Å². The van der Waals surface area contributed by atoms with E-state index >= 15 is 0 Å². The zero-order valence-corrected chi connectivity index (χ0v) is 33.5. The van der Waals surface area contributed by atoms with Crippen LogP contribution in [0.3, 0.4) is 0 Å². The molecule has 0 bridgehead atoms. The molecule has 0 N–H and O–H groups in total. The van der Waals surface area contributed by atoms with Crippen LogP contribution in [-0.2, 0) is 0 Å². The fraction of sp³-hybridized carbons (Fsp3) is 0. The molecule has 0 saturated heterocycles.